The van der Waals surface area contributed by atoms with E-state index in [9.17, 15) is 0 Å². The number of ether oxygens (including phenoxy) is 1. The number of imidazole rings is 1. The van der Waals surface area contributed by atoms with Crippen molar-refractivity contribution in [3.8, 4) is 5.75 Å². The predicted molar refractivity (Wildman–Crippen MR) is 80.0 cm³/mol. The number of alkyl halides is 1. The van der Waals surface area contributed by atoms with Crippen LogP contribution in [0.5, 0.6) is 5.75 Å². The Bertz CT molecular complexity index is 563. The van der Waals surface area contributed by atoms with E-state index in [1.807, 2.05) is 19.1 Å². The summed E-state index contributed by atoms with van der Waals surface area (Å²) in [5.74, 6) is 2.37. The maximum Gasteiger partial charge on any atom is 0.127 e. The standard InChI is InChI=1S/C15H21ClN2O/c1-5-10(2)9-18-14-7-6-12(19-4)8-13(14)17-15(18)11(3)16/h6-8,10-11H,5,9H2,1-4H3. The first-order chi connectivity index (χ1) is 9.06. The van der Waals surface area contributed by atoms with Crippen LogP contribution in [-0.4, -0.2) is 16.7 Å². The lowest BCUT2D eigenvalue weighted by Crippen LogP contribution is -2.10. The number of nitrogens with zero attached hydrogens (tertiary/aromatic N) is 2. The van der Waals surface area contributed by atoms with Crippen LogP contribution in [-0.2, 0) is 6.54 Å². The van der Waals surface area contributed by atoms with Gasteiger partial charge >= 0.3 is 0 Å². The summed E-state index contributed by atoms with van der Waals surface area (Å²) >= 11 is 6.27. The molecule has 2 unspecified atom stereocenters. The van der Waals surface area contributed by atoms with Gasteiger partial charge < -0.3 is 9.30 Å². The summed E-state index contributed by atoms with van der Waals surface area (Å²) in [6.07, 6.45) is 1.14. The van der Waals surface area contributed by atoms with Gasteiger partial charge in [0.1, 0.15) is 11.6 Å². The molecule has 2 aromatic rings. The Hall–Kier alpha value is -1.22. The van der Waals surface area contributed by atoms with E-state index in [0.29, 0.717) is 5.92 Å². The van der Waals surface area contributed by atoms with Crippen molar-refractivity contribution in [3.05, 3.63) is 24.0 Å². The van der Waals surface area contributed by atoms with Gasteiger partial charge in [0.2, 0.25) is 0 Å². The molecule has 0 aliphatic carbocycles. The first-order valence-corrected chi connectivity index (χ1v) is 7.18. The second-order valence-electron chi connectivity index (χ2n) is 5.06. The molecule has 0 fully saturated rings. The van der Waals surface area contributed by atoms with Gasteiger partial charge in [-0.25, -0.2) is 4.98 Å². The molecule has 0 radical (unpaired) electrons. The van der Waals surface area contributed by atoms with Crippen molar-refractivity contribution in [2.45, 2.75) is 39.1 Å². The summed E-state index contributed by atoms with van der Waals surface area (Å²) in [6, 6.07) is 6.00. The molecule has 1 aromatic carbocycles. The third-order valence-corrected chi connectivity index (χ3v) is 3.73. The maximum absolute atomic E-state index is 6.27. The number of benzene rings is 1. The molecule has 4 heteroatoms. The van der Waals surface area contributed by atoms with Crippen molar-refractivity contribution in [1.82, 2.24) is 9.55 Å². The van der Waals surface area contributed by atoms with E-state index in [2.05, 4.69) is 29.5 Å². The van der Waals surface area contributed by atoms with E-state index in [4.69, 9.17) is 16.3 Å². The van der Waals surface area contributed by atoms with Crippen LogP contribution in [0.25, 0.3) is 11.0 Å². The quantitative estimate of drug-likeness (QED) is 0.760. The molecule has 0 aliphatic rings. The molecule has 0 bridgehead atoms. The molecule has 19 heavy (non-hydrogen) atoms. The number of fused-ring (bicyclic) bond motifs is 1. The topological polar surface area (TPSA) is 27.1 Å². The summed E-state index contributed by atoms with van der Waals surface area (Å²) in [5.41, 5.74) is 2.08. The molecule has 0 saturated heterocycles. The maximum atomic E-state index is 6.27. The van der Waals surface area contributed by atoms with Crippen LogP contribution >= 0.6 is 11.6 Å². The second-order valence-corrected chi connectivity index (χ2v) is 5.72. The molecule has 0 aliphatic heterocycles. The molecule has 0 saturated carbocycles. The number of halogens is 1. The van der Waals surface area contributed by atoms with Crippen LogP contribution in [0.1, 0.15) is 38.4 Å². The van der Waals surface area contributed by atoms with Gasteiger partial charge in [0.25, 0.3) is 0 Å². The minimum absolute atomic E-state index is 0.0950. The number of rotatable bonds is 5. The Kier molecular flexibility index (Phi) is 4.35. The van der Waals surface area contributed by atoms with Crippen LogP contribution < -0.4 is 4.74 Å². The lowest BCUT2D eigenvalue weighted by molar-refractivity contribution is 0.415. The van der Waals surface area contributed by atoms with Crippen LogP contribution in [0.4, 0.5) is 0 Å². The highest BCUT2D eigenvalue weighted by atomic mass is 35.5. The predicted octanol–water partition coefficient (Wildman–Crippen LogP) is 4.39. The Labute approximate surface area is 119 Å². The minimum Gasteiger partial charge on any atom is -0.497 e. The highest BCUT2D eigenvalue weighted by Gasteiger charge is 2.16. The third kappa shape index (κ3) is 2.86. The monoisotopic (exact) mass is 280 g/mol. The van der Waals surface area contributed by atoms with Crippen LogP contribution in [0.15, 0.2) is 18.2 Å². The third-order valence-electron chi connectivity index (χ3n) is 3.53. The van der Waals surface area contributed by atoms with Gasteiger partial charge in [0.05, 0.1) is 23.5 Å². The van der Waals surface area contributed by atoms with E-state index in [1.54, 1.807) is 7.11 Å². The van der Waals surface area contributed by atoms with Gasteiger partial charge in [-0.1, -0.05) is 20.3 Å². The molecule has 0 spiro atoms. The van der Waals surface area contributed by atoms with Gasteiger partial charge in [-0.2, -0.15) is 0 Å². The largest absolute Gasteiger partial charge is 0.497 e. The van der Waals surface area contributed by atoms with E-state index in [-0.39, 0.29) is 5.38 Å². The summed E-state index contributed by atoms with van der Waals surface area (Å²) in [5, 5.41) is -0.0950. The average Bonchev–Trinajstić information content (AvgIpc) is 2.76. The molecular weight excluding hydrogens is 260 g/mol. The smallest absolute Gasteiger partial charge is 0.127 e. The zero-order valence-electron chi connectivity index (χ0n) is 12.0. The number of hydrogen-bond donors (Lipinski definition) is 0. The van der Waals surface area contributed by atoms with Gasteiger partial charge in [-0.05, 0) is 25.0 Å². The van der Waals surface area contributed by atoms with E-state index in [0.717, 1.165) is 35.6 Å². The van der Waals surface area contributed by atoms with E-state index >= 15 is 0 Å². The van der Waals surface area contributed by atoms with Gasteiger partial charge in [-0.15, -0.1) is 11.6 Å². The van der Waals surface area contributed by atoms with Crippen LogP contribution in [0, 0.1) is 5.92 Å². The fraction of sp³-hybridized carbons (Fsp3) is 0.533. The number of methoxy groups -OCH3 is 1. The SMILES string of the molecule is CCC(C)Cn1c(C(C)Cl)nc2cc(OC)ccc21. The van der Waals surface area contributed by atoms with E-state index in [1.165, 1.54) is 0 Å². The first kappa shape index (κ1) is 14.2. The molecule has 1 aromatic heterocycles. The molecule has 104 valence electrons. The summed E-state index contributed by atoms with van der Waals surface area (Å²) < 4.78 is 7.49. The zero-order chi connectivity index (χ0) is 14.0. The normalized spacial score (nSPS) is 14.6. The van der Waals surface area contributed by atoms with Gasteiger partial charge in [0, 0.05) is 12.6 Å². The average molecular weight is 281 g/mol. The summed E-state index contributed by atoms with van der Waals surface area (Å²) in [6.45, 7) is 7.37. The highest BCUT2D eigenvalue weighted by Crippen LogP contribution is 2.28. The van der Waals surface area contributed by atoms with Crippen molar-refractivity contribution < 1.29 is 4.74 Å². The molecule has 0 amide bonds. The van der Waals surface area contributed by atoms with Gasteiger partial charge in [0.15, 0.2) is 0 Å². The Morgan fingerprint density at radius 1 is 1.37 bits per heavy atom. The lowest BCUT2D eigenvalue weighted by atomic mass is 10.1. The summed E-state index contributed by atoms with van der Waals surface area (Å²) in [4.78, 5) is 4.66. The van der Waals surface area contributed by atoms with Crippen molar-refractivity contribution in [3.63, 3.8) is 0 Å². The molecule has 0 N–H and O–H groups in total. The van der Waals surface area contributed by atoms with Crippen molar-refractivity contribution >= 4 is 22.6 Å². The Morgan fingerprint density at radius 2 is 2.11 bits per heavy atom. The summed E-state index contributed by atoms with van der Waals surface area (Å²) in [7, 11) is 1.67. The highest BCUT2D eigenvalue weighted by molar-refractivity contribution is 6.20. The minimum atomic E-state index is -0.0950. The fourth-order valence-corrected chi connectivity index (χ4v) is 2.36. The number of hydrogen-bond acceptors (Lipinski definition) is 2. The number of aromatic nitrogens is 2. The zero-order valence-corrected chi connectivity index (χ0v) is 12.7. The molecule has 2 rings (SSSR count). The van der Waals surface area contributed by atoms with Crippen LogP contribution in [0.2, 0.25) is 0 Å². The fourth-order valence-electron chi connectivity index (χ4n) is 2.19. The van der Waals surface area contributed by atoms with Crippen molar-refractivity contribution in [2.75, 3.05) is 7.11 Å². The first-order valence-electron chi connectivity index (χ1n) is 6.75. The lowest BCUT2D eigenvalue weighted by Gasteiger charge is -2.14. The van der Waals surface area contributed by atoms with Crippen molar-refractivity contribution in [1.29, 1.82) is 0 Å². The molecule has 1 heterocycles. The molecule has 3 nitrogen and oxygen atoms in total. The van der Waals surface area contributed by atoms with Crippen LogP contribution in [0.3, 0.4) is 0 Å². The van der Waals surface area contributed by atoms with Gasteiger partial charge in [-0.3, -0.25) is 0 Å². The molecular formula is C15H21ClN2O. The van der Waals surface area contributed by atoms with Crippen molar-refractivity contribution in [2.24, 2.45) is 5.92 Å². The van der Waals surface area contributed by atoms with E-state index < -0.39 is 0 Å². The Morgan fingerprint density at radius 3 is 2.68 bits per heavy atom. The molecule has 2 atom stereocenters. The second kappa shape index (κ2) is 5.83. The Balaban J connectivity index is 2.54.